The number of ether oxygens (including phenoxy) is 1. The summed E-state index contributed by atoms with van der Waals surface area (Å²) in [7, 11) is -3.21. The maximum absolute atomic E-state index is 11.9. The van der Waals surface area contributed by atoms with E-state index in [-0.39, 0.29) is 16.7 Å². The Morgan fingerprint density at radius 1 is 1.04 bits per heavy atom. The quantitative estimate of drug-likeness (QED) is 0.900. The molecule has 24 heavy (non-hydrogen) atoms. The van der Waals surface area contributed by atoms with Crippen LogP contribution in [-0.2, 0) is 14.6 Å². The van der Waals surface area contributed by atoms with E-state index in [4.69, 9.17) is 4.74 Å². The highest BCUT2D eigenvalue weighted by atomic mass is 32.2. The fraction of sp³-hybridized carbons (Fsp3) is 0.278. The predicted molar refractivity (Wildman–Crippen MR) is 92.0 cm³/mol. The Morgan fingerprint density at radius 2 is 1.54 bits per heavy atom. The van der Waals surface area contributed by atoms with Crippen LogP contribution in [0.4, 0.5) is 5.69 Å². The van der Waals surface area contributed by atoms with Crippen molar-refractivity contribution in [1.82, 2.24) is 0 Å². The zero-order valence-corrected chi connectivity index (χ0v) is 14.3. The molecule has 1 fully saturated rings. The van der Waals surface area contributed by atoms with Gasteiger partial charge in [0.1, 0.15) is 11.5 Å². The molecular weight excluding hydrogens is 326 g/mol. The molecule has 1 saturated carbocycles. The van der Waals surface area contributed by atoms with Crippen LogP contribution >= 0.6 is 0 Å². The van der Waals surface area contributed by atoms with E-state index in [0.717, 1.165) is 18.4 Å². The Morgan fingerprint density at radius 3 is 2.00 bits per heavy atom. The number of hydrogen-bond donors (Lipinski definition) is 1. The van der Waals surface area contributed by atoms with E-state index in [1.54, 1.807) is 36.4 Å². The molecule has 0 spiro atoms. The van der Waals surface area contributed by atoms with Crippen LogP contribution in [0.3, 0.4) is 0 Å². The molecule has 1 N–H and O–H groups in total. The fourth-order valence-corrected chi connectivity index (χ4v) is 3.05. The van der Waals surface area contributed by atoms with Crippen LogP contribution in [-0.4, -0.2) is 20.6 Å². The highest BCUT2D eigenvalue weighted by Crippen LogP contribution is 2.38. The van der Waals surface area contributed by atoms with Gasteiger partial charge in [0, 0.05) is 17.9 Å². The van der Waals surface area contributed by atoms with Crippen molar-refractivity contribution in [2.75, 3.05) is 11.6 Å². The predicted octanol–water partition coefficient (Wildman–Crippen LogP) is 3.48. The van der Waals surface area contributed by atoms with Crippen molar-refractivity contribution in [2.24, 2.45) is 11.8 Å². The average molecular weight is 345 g/mol. The van der Waals surface area contributed by atoms with Crippen LogP contribution in [0.5, 0.6) is 11.5 Å². The molecule has 126 valence electrons. The van der Waals surface area contributed by atoms with Gasteiger partial charge in [-0.15, -0.1) is 0 Å². The minimum Gasteiger partial charge on any atom is -0.457 e. The van der Waals surface area contributed by atoms with E-state index in [1.165, 1.54) is 12.1 Å². The summed E-state index contributed by atoms with van der Waals surface area (Å²) in [5.74, 6) is 1.83. The molecular formula is C18H19NO4S. The van der Waals surface area contributed by atoms with Crippen molar-refractivity contribution >= 4 is 21.4 Å². The highest BCUT2D eigenvalue weighted by Gasteiger charge is 2.38. The molecule has 0 heterocycles. The van der Waals surface area contributed by atoms with Gasteiger partial charge in [-0.1, -0.05) is 6.92 Å². The highest BCUT2D eigenvalue weighted by molar-refractivity contribution is 7.90. The summed E-state index contributed by atoms with van der Waals surface area (Å²) in [6.07, 6.45) is 2.12. The van der Waals surface area contributed by atoms with E-state index >= 15 is 0 Å². The number of sulfone groups is 1. The SMILES string of the molecule is C[C@@H]1C[C@H]1C(=O)Nc1ccc(Oc2ccc(S(C)(=O)=O)cc2)cc1. The summed E-state index contributed by atoms with van der Waals surface area (Å²) in [5, 5.41) is 2.89. The number of nitrogens with one attached hydrogen (secondary N) is 1. The summed E-state index contributed by atoms with van der Waals surface area (Å²) >= 11 is 0. The molecule has 0 bridgehead atoms. The number of rotatable bonds is 5. The third kappa shape index (κ3) is 3.94. The molecule has 2 aromatic carbocycles. The number of carbonyl (C=O) groups excluding carboxylic acids is 1. The van der Waals surface area contributed by atoms with Gasteiger partial charge in [-0.25, -0.2) is 8.42 Å². The first-order chi connectivity index (χ1) is 11.3. The number of anilines is 1. The summed E-state index contributed by atoms with van der Waals surface area (Å²) in [4.78, 5) is 12.1. The molecule has 2 aromatic rings. The van der Waals surface area contributed by atoms with Crippen molar-refractivity contribution in [3.63, 3.8) is 0 Å². The topological polar surface area (TPSA) is 72.5 Å². The van der Waals surface area contributed by atoms with Crippen LogP contribution < -0.4 is 10.1 Å². The molecule has 0 unspecified atom stereocenters. The largest absolute Gasteiger partial charge is 0.457 e. The molecule has 1 aliphatic carbocycles. The Balaban J connectivity index is 1.62. The molecule has 6 heteroatoms. The van der Waals surface area contributed by atoms with Gasteiger partial charge in [0.05, 0.1) is 4.90 Å². The second kappa shape index (κ2) is 6.28. The first kappa shape index (κ1) is 16.5. The first-order valence-electron chi connectivity index (χ1n) is 7.72. The first-order valence-corrected chi connectivity index (χ1v) is 9.61. The molecule has 1 amide bonds. The maximum Gasteiger partial charge on any atom is 0.227 e. The summed E-state index contributed by atoms with van der Waals surface area (Å²) in [5.41, 5.74) is 0.735. The van der Waals surface area contributed by atoms with Crippen LogP contribution in [0.2, 0.25) is 0 Å². The molecule has 1 aliphatic rings. The third-order valence-corrected chi connectivity index (χ3v) is 5.18. The van der Waals surface area contributed by atoms with Crippen LogP contribution in [0.1, 0.15) is 13.3 Å². The average Bonchev–Trinajstić information content (AvgIpc) is 3.26. The molecule has 5 nitrogen and oxygen atoms in total. The minimum absolute atomic E-state index is 0.0625. The standard InChI is InChI=1S/C18H19NO4S/c1-12-11-17(12)18(20)19-13-3-5-14(6-4-13)23-15-7-9-16(10-8-15)24(2,21)22/h3-10,12,17H,11H2,1-2H3,(H,19,20)/t12-,17-/m1/s1. The van der Waals surface area contributed by atoms with Crippen molar-refractivity contribution in [3.05, 3.63) is 48.5 Å². The molecule has 3 rings (SSSR count). The molecule has 2 atom stereocenters. The van der Waals surface area contributed by atoms with Crippen LogP contribution in [0, 0.1) is 11.8 Å². The molecule has 0 radical (unpaired) electrons. The monoisotopic (exact) mass is 345 g/mol. The van der Waals surface area contributed by atoms with Gasteiger partial charge in [0.15, 0.2) is 9.84 Å². The lowest BCUT2D eigenvalue weighted by Gasteiger charge is -2.08. The number of carbonyl (C=O) groups is 1. The molecule has 0 aliphatic heterocycles. The number of benzene rings is 2. The van der Waals surface area contributed by atoms with Crippen LogP contribution in [0.15, 0.2) is 53.4 Å². The number of hydrogen-bond acceptors (Lipinski definition) is 4. The van der Waals surface area contributed by atoms with E-state index in [2.05, 4.69) is 12.2 Å². The smallest absolute Gasteiger partial charge is 0.227 e. The third-order valence-electron chi connectivity index (χ3n) is 4.06. The van der Waals surface area contributed by atoms with E-state index < -0.39 is 9.84 Å². The maximum atomic E-state index is 11.9. The van der Waals surface area contributed by atoms with Gasteiger partial charge in [0.2, 0.25) is 5.91 Å². The Bertz CT molecular complexity index is 842. The van der Waals surface area contributed by atoms with Gasteiger partial charge in [-0.3, -0.25) is 4.79 Å². The summed E-state index contributed by atoms with van der Waals surface area (Å²) in [6.45, 7) is 2.07. The van der Waals surface area contributed by atoms with Gasteiger partial charge in [0.25, 0.3) is 0 Å². The van der Waals surface area contributed by atoms with E-state index in [0.29, 0.717) is 17.4 Å². The zero-order valence-electron chi connectivity index (χ0n) is 13.5. The van der Waals surface area contributed by atoms with Crippen molar-refractivity contribution in [2.45, 2.75) is 18.2 Å². The number of amides is 1. The molecule has 0 aromatic heterocycles. The van der Waals surface area contributed by atoms with Crippen molar-refractivity contribution in [1.29, 1.82) is 0 Å². The summed E-state index contributed by atoms with van der Waals surface area (Å²) < 4.78 is 28.5. The van der Waals surface area contributed by atoms with Gasteiger partial charge in [-0.2, -0.15) is 0 Å². The normalized spacial score (nSPS) is 19.6. The minimum atomic E-state index is -3.21. The van der Waals surface area contributed by atoms with Crippen molar-refractivity contribution < 1.29 is 17.9 Å². The second-order valence-electron chi connectivity index (χ2n) is 6.18. The Kier molecular flexibility index (Phi) is 4.32. The van der Waals surface area contributed by atoms with Crippen molar-refractivity contribution in [3.8, 4) is 11.5 Å². The Hall–Kier alpha value is -2.34. The van der Waals surface area contributed by atoms with Gasteiger partial charge < -0.3 is 10.1 Å². The summed E-state index contributed by atoms with van der Waals surface area (Å²) in [6, 6.07) is 13.3. The lowest BCUT2D eigenvalue weighted by atomic mass is 10.2. The van der Waals surface area contributed by atoms with E-state index in [9.17, 15) is 13.2 Å². The fourth-order valence-electron chi connectivity index (χ4n) is 2.42. The molecule has 0 saturated heterocycles. The van der Waals surface area contributed by atoms with E-state index in [1.807, 2.05) is 0 Å². The second-order valence-corrected chi connectivity index (χ2v) is 8.19. The van der Waals surface area contributed by atoms with Crippen LogP contribution in [0.25, 0.3) is 0 Å². The van der Waals surface area contributed by atoms with Gasteiger partial charge >= 0.3 is 0 Å². The lowest BCUT2D eigenvalue weighted by molar-refractivity contribution is -0.117. The Labute approximate surface area is 141 Å². The van der Waals surface area contributed by atoms with Gasteiger partial charge in [-0.05, 0) is 60.9 Å². The zero-order chi connectivity index (χ0) is 17.3. The lowest BCUT2D eigenvalue weighted by Crippen LogP contribution is -2.14.